The maximum atomic E-state index is 5.72. The molecule has 0 fully saturated rings. The maximum absolute atomic E-state index is 5.72. The summed E-state index contributed by atoms with van der Waals surface area (Å²) in [5.41, 5.74) is 17.6. The molecule has 1 aromatic rings. The maximum Gasteiger partial charge on any atom is 0.302 e. The fourth-order valence-corrected chi connectivity index (χ4v) is 1.72. The minimum atomic E-state index is 0.674. The number of nitrogens with two attached hydrogens (primary N) is 2. The first-order chi connectivity index (χ1) is 7.72. The fraction of sp³-hybridized carbons (Fsp3) is 0. The molecule has 0 atom stereocenters. The van der Waals surface area contributed by atoms with Crippen molar-refractivity contribution in [1.29, 1.82) is 0 Å². The SMILES string of the molecule is NC1=C[C-]2[O+]=c3cc(N)ccc3=C=C2C=C1. The molecule has 16 heavy (non-hydrogen) atoms. The molecule has 1 aromatic carbocycles. The van der Waals surface area contributed by atoms with Gasteiger partial charge < -0.3 is 11.5 Å². The Bertz CT molecular complexity index is 676. The van der Waals surface area contributed by atoms with E-state index in [4.69, 9.17) is 15.9 Å². The van der Waals surface area contributed by atoms with Crippen molar-refractivity contribution in [2.75, 3.05) is 5.73 Å². The van der Waals surface area contributed by atoms with Crippen molar-refractivity contribution in [3.63, 3.8) is 0 Å². The smallest absolute Gasteiger partial charge is 0.302 e. The summed E-state index contributed by atoms with van der Waals surface area (Å²) in [6, 6.07) is 5.51. The molecule has 0 saturated heterocycles. The Morgan fingerprint density at radius 2 is 2.06 bits per heavy atom. The predicted molar refractivity (Wildman–Crippen MR) is 63.9 cm³/mol. The van der Waals surface area contributed by atoms with Crippen LogP contribution >= 0.6 is 0 Å². The molecule has 0 saturated carbocycles. The molecule has 1 aliphatic carbocycles. The Hall–Kier alpha value is -2.38. The number of rotatable bonds is 0. The molecule has 1 aliphatic heterocycles. The second-order valence-electron chi connectivity index (χ2n) is 3.74. The van der Waals surface area contributed by atoms with Gasteiger partial charge in [0.2, 0.25) is 0 Å². The largest absolute Gasteiger partial charge is 0.429 e. The summed E-state index contributed by atoms with van der Waals surface area (Å²) in [7, 11) is 0. The van der Waals surface area contributed by atoms with E-state index < -0.39 is 0 Å². The van der Waals surface area contributed by atoms with E-state index in [0.717, 1.165) is 22.3 Å². The molecule has 0 amide bonds. The van der Waals surface area contributed by atoms with Gasteiger partial charge in [0.05, 0.1) is 0 Å². The highest BCUT2D eigenvalue weighted by atomic mass is 16.4. The second kappa shape index (κ2) is 3.05. The van der Waals surface area contributed by atoms with Crippen molar-refractivity contribution in [1.82, 2.24) is 0 Å². The fourth-order valence-electron chi connectivity index (χ4n) is 1.72. The van der Waals surface area contributed by atoms with E-state index in [0.29, 0.717) is 11.4 Å². The predicted octanol–water partition coefficient (Wildman–Crippen LogP) is 0.147. The third-order valence-corrected chi connectivity index (χ3v) is 2.50. The summed E-state index contributed by atoms with van der Waals surface area (Å²) >= 11 is 0. The van der Waals surface area contributed by atoms with Gasteiger partial charge in [-0.2, -0.15) is 5.73 Å². The zero-order valence-electron chi connectivity index (χ0n) is 8.53. The average molecular weight is 210 g/mol. The molecule has 78 valence electrons. The number of hydrogen-bond acceptors (Lipinski definition) is 2. The van der Waals surface area contributed by atoms with Gasteiger partial charge in [-0.05, 0) is 17.8 Å². The van der Waals surface area contributed by atoms with Crippen LogP contribution in [-0.4, -0.2) is 0 Å². The number of nitrogen functional groups attached to an aromatic ring is 1. The Kier molecular flexibility index (Phi) is 1.70. The number of allylic oxidation sites excluding steroid dienone is 1. The Morgan fingerprint density at radius 3 is 2.94 bits per heavy atom. The van der Waals surface area contributed by atoms with E-state index in [9.17, 15) is 0 Å². The molecular formula is C13H10N2O. The van der Waals surface area contributed by atoms with Crippen molar-refractivity contribution >= 4 is 11.4 Å². The third-order valence-electron chi connectivity index (χ3n) is 2.50. The topological polar surface area (TPSA) is 63.3 Å². The first kappa shape index (κ1) is 8.89. The minimum absolute atomic E-state index is 0.674. The zero-order chi connectivity index (χ0) is 11.1. The number of hydrogen-bond donors (Lipinski definition) is 2. The molecule has 4 N–H and O–H groups in total. The highest BCUT2D eigenvalue weighted by molar-refractivity contribution is 5.59. The molecule has 0 radical (unpaired) electrons. The molecule has 0 spiro atoms. The summed E-state index contributed by atoms with van der Waals surface area (Å²) in [6.07, 6.45) is 6.23. The Labute approximate surface area is 92.4 Å². The summed E-state index contributed by atoms with van der Waals surface area (Å²) in [6.45, 7) is 0. The first-order valence-electron chi connectivity index (χ1n) is 4.96. The van der Waals surface area contributed by atoms with Crippen molar-refractivity contribution in [3.8, 4) is 0 Å². The quantitative estimate of drug-likeness (QED) is 0.363. The van der Waals surface area contributed by atoms with E-state index in [1.807, 2.05) is 24.3 Å². The molecule has 0 aromatic heterocycles. The summed E-state index contributed by atoms with van der Waals surface area (Å²) in [5, 5.41) is 0.909. The number of fused-ring (bicyclic) bond motifs is 2. The normalized spacial score (nSPS) is 16.4. The van der Waals surface area contributed by atoms with E-state index in [-0.39, 0.29) is 0 Å². The molecule has 3 nitrogen and oxygen atoms in total. The van der Waals surface area contributed by atoms with Crippen molar-refractivity contribution in [2.24, 2.45) is 5.73 Å². The lowest BCUT2D eigenvalue weighted by Gasteiger charge is -2.12. The summed E-state index contributed by atoms with van der Waals surface area (Å²) in [5.74, 6) is 0. The highest BCUT2D eigenvalue weighted by Gasteiger charge is 2.19. The van der Waals surface area contributed by atoms with Crippen molar-refractivity contribution in [2.45, 2.75) is 0 Å². The zero-order valence-corrected chi connectivity index (χ0v) is 8.53. The molecule has 0 unspecified atom stereocenters. The standard InChI is InChI=1S/C13H10N2O/c14-10-3-1-8-5-9-2-4-11(15)7-13(9)16-12(8)6-10/h1-4,6-7H,14-15H2. The Morgan fingerprint density at radius 1 is 1.19 bits per heavy atom. The van der Waals surface area contributed by atoms with Crippen LogP contribution in [0.1, 0.15) is 0 Å². The number of anilines is 1. The van der Waals surface area contributed by atoms with Crippen molar-refractivity contribution in [3.05, 3.63) is 68.9 Å². The van der Waals surface area contributed by atoms with Crippen LogP contribution < -0.4 is 22.1 Å². The van der Waals surface area contributed by atoms with E-state index in [1.54, 1.807) is 12.1 Å². The van der Waals surface area contributed by atoms with Crippen LogP contribution in [0.5, 0.6) is 0 Å². The summed E-state index contributed by atoms with van der Waals surface area (Å²) in [4.78, 5) is 0. The van der Waals surface area contributed by atoms with Crippen LogP contribution in [0.25, 0.3) is 5.73 Å². The lowest BCUT2D eigenvalue weighted by molar-refractivity contribution is 1.21. The van der Waals surface area contributed by atoms with Crippen LogP contribution in [-0.2, 0) is 0 Å². The second-order valence-corrected chi connectivity index (χ2v) is 3.74. The van der Waals surface area contributed by atoms with Crippen molar-refractivity contribution < 1.29 is 0 Å². The molecule has 0 bridgehead atoms. The molecular weight excluding hydrogens is 200 g/mol. The highest BCUT2D eigenvalue weighted by Crippen LogP contribution is 2.23. The van der Waals surface area contributed by atoms with Gasteiger partial charge in [0.15, 0.2) is 0 Å². The van der Waals surface area contributed by atoms with Gasteiger partial charge in [0.1, 0.15) is 0 Å². The Balaban J connectivity index is 2.34. The average Bonchev–Trinajstić information content (AvgIpc) is 2.26. The van der Waals surface area contributed by atoms with Crippen LogP contribution in [0.2, 0.25) is 0 Å². The lowest BCUT2D eigenvalue weighted by atomic mass is 10.0. The molecule has 1 heterocycles. The lowest BCUT2D eigenvalue weighted by Crippen LogP contribution is -2.28. The van der Waals surface area contributed by atoms with Crippen LogP contribution in [0.3, 0.4) is 0 Å². The van der Waals surface area contributed by atoms with Gasteiger partial charge in [-0.3, -0.25) is 4.42 Å². The molecule has 3 rings (SSSR count). The minimum Gasteiger partial charge on any atom is -0.429 e. The summed E-state index contributed by atoms with van der Waals surface area (Å²) < 4.78 is 5.72. The van der Waals surface area contributed by atoms with Gasteiger partial charge >= 0.3 is 5.43 Å². The first-order valence-corrected chi connectivity index (χ1v) is 4.96. The monoisotopic (exact) mass is 210 g/mol. The van der Waals surface area contributed by atoms with Gasteiger partial charge in [-0.15, -0.1) is 12.2 Å². The van der Waals surface area contributed by atoms with Crippen LogP contribution in [0.15, 0.2) is 52.1 Å². The number of benzene rings is 1. The molecule has 2 aliphatic rings. The van der Waals surface area contributed by atoms with E-state index in [1.165, 1.54) is 0 Å². The van der Waals surface area contributed by atoms with Gasteiger partial charge in [0.25, 0.3) is 6.10 Å². The van der Waals surface area contributed by atoms with Crippen LogP contribution in [0, 0.1) is 6.10 Å². The van der Waals surface area contributed by atoms with Crippen LogP contribution in [0.4, 0.5) is 5.69 Å². The van der Waals surface area contributed by atoms with E-state index >= 15 is 0 Å². The van der Waals surface area contributed by atoms with E-state index in [2.05, 4.69) is 5.73 Å². The van der Waals surface area contributed by atoms with Gasteiger partial charge in [-0.25, -0.2) is 0 Å². The molecule has 3 heteroatoms. The van der Waals surface area contributed by atoms with Gasteiger partial charge in [-0.1, -0.05) is 6.07 Å². The van der Waals surface area contributed by atoms with Gasteiger partial charge in [0, 0.05) is 22.5 Å². The third kappa shape index (κ3) is 1.31.